The largest absolute Gasteiger partial charge is 0.325 e. The predicted molar refractivity (Wildman–Crippen MR) is 140 cm³/mol. The summed E-state index contributed by atoms with van der Waals surface area (Å²) in [4.78, 5) is 17.5. The van der Waals surface area contributed by atoms with Crippen LogP contribution in [-0.4, -0.2) is 16.6 Å². The molecule has 0 unspecified atom stereocenters. The average Bonchev–Trinajstić information content (AvgIpc) is 2.82. The maximum atomic E-state index is 12.7. The molecule has 0 saturated carbocycles. The van der Waals surface area contributed by atoms with Crippen molar-refractivity contribution in [3.05, 3.63) is 101 Å². The minimum Gasteiger partial charge on any atom is -0.325 e. The summed E-state index contributed by atoms with van der Waals surface area (Å²) in [5.74, 6) is 0.0166. The van der Waals surface area contributed by atoms with Crippen LogP contribution >= 0.6 is 11.8 Å². The first-order chi connectivity index (χ1) is 16.4. The van der Waals surface area contributed by atoms with E-state index in [0.717, 1.165) is 39.2 Å². The van der Waals surface area contributed by atoms with Crippen LogP contribution in [0.5, 0.6) is 0 Å². The number of pyridine rings is 1. The summed E-state index contributed by atoms with van der Waals surface area (Å²) in [5.41, 5.74) is 8.09. The molecule has 0 atom stereocenters. The van der Waals surface area contributed by atoms with Crippen molar-refractivity contribution in [1.82, 2.24) is 4.98 Å². The molecule has 1 amide bonds. The third-order valence-corrected chi connectivity index (χ3v) is 6.35. The van der Waals surface area contributed by atoms with Crippen molar-refractivity contribution in [2.24, 2.45) is 0 Å². The van der Waals surface area contributed by atoms with Crippen molar-refractivity contribution >= 4 is 23.4 Å². The van der Waals surface area contributed by atoms with Gasteiger partial charge in [0, 0.05) is 16.8 Å². The van der Waals surface area contributed by atoms with Crippen LogP contribution in [-0.2, 0) is 4.79 Å². The number of carbonyl (C=O) groups excluding carboxylic acids is 1. The minimum absolute atomic E-state index is 0.136. The van der Waals surface area contributed by atoms with Gasteiger partial charge in [0.05, 0.1) is 17.0 Å². The topological polar surface area (TPSA) is 65.8 Å². The Balaban J connectivity index is 1.67. The normalized spacial score (nSPS) is 10.5. The molecule has 0 saturated heterocycles. The molecule has 4 rings (SSSR count). The number of nitrogens with zero attached hydrogens (tertiary/aromatic N) is 2. The maximum Gasteiger partial charge on any atom is 0.234 e. The highest BCUT2D eigenvalue weighted by Gasteiger charge is 2.17. The Morgan fingerprint density at radius 2 is 1.56 bits per heavy atom. The highest BCUT2D eigenvalue weighted by Crippen LogP contribution is 2.34. The van der Waals surface area contributed by atoms with E-state index in [1.165, 1.54) is 17.3 Å². The molecule has 0 aliphatic carbocycles. The SMILES string of the molecule is Cc1ccc(-c2cc(-c3ccccc3)c(C#N)c(SCC(=O)Nc3cc(C)cc(C)c3)n2)cc1. The number of nitriles is 1. The average molecular weight is 464 g/mol. The monoisotopic (exact) mass is 463 g/mol. The van der Waals surface area contributed by atoms with Crippen molar-refractivity contribution < 1.29 is 4.79 Å². The van der Waals surface area contributed by atoms with Crippen molar-refractivity contribution in [3.63, 3.8) is 0 Å². The van der Waals surface area contributed by atoms with Gasteiger partial charge >= 0.3 is 0 Å². The van der Waals surface area contributed by atoms with Gasteiger partial charge in [-0.1, -0.05) is 78.0 Å². The molecular formula is C29H25N3OS. The van der Waals surface area contributed by atoms with E-state index in [0.29, 0.717) is 10.6 Å². The fourth-order valence-electron chi connectivity index (χ4n) is 3.83. The number of anilines is 1. The lowest BCUT2D eigenvalue weighted by Gasteiger charge is -2.13. The Hall–Kier alpha value is -3.88. The van der Waals surface area contributed by atoms with Crippen LogP contribution in [0, 0.1) is 32.1 Å². The Labute approximate surface area is 204 Å². The van der Waals surface area contributed by atoms with E-state index in [1.54, 1.807) is 0 Å². The third kappa shape index (κ3) is 5.54. The lowest BCUT2D eigenvalue weighted by Crippen LogP contribution is -2.14. The summed E-state index contributed by atoms with van der Waals surface area (Å²) in [6.45, 7) is 6.05. The van der Waals surface area contributed by atoms with Gasteiger partial charge in [-0.25, -0.2) is 4.98 Å². The number of benzene rings is 3. The first kappa shape index (κ1) is 23.3. The first-order valence-electron chi connectivity index (χ1n) is 11.0. The fourth-order valence-corrected chi connectivity index (χ4v) is 4.63. The molecule has 5 heteroatoms. The molecule has 1 N–H and O–H groups in total. The van der Waals surface area contributed by atoms with Gasteiger partial charge in [0.25, 0.3) is 0 Å². The zero-order chi connectivity index (χ0) is 24.1. The highest BCUT2D eigenvalue weighted by atomic mass is 32.2. The van der Waals surface area contributed by atoms with Crippen LogP contribution in [0.4, 0.5) is 5.69 Å². The number of rotatable bonds is 6. The number of aromatic nitrogens is 1. The van der Waals surface area contributed by atoms with Crippen molar-refractivity contribution in [2.75, 3.05) is 11.1 Å². The Morgan fingerprint density at radius 1 is 0.882 bits per heavy atom. The van der Waals surface area contributed by atoms with Gasteiger partial charge in [-0.05, 0) is 55.7 Å². The molecule has 0 aliphatic heterocycles. The second-order valence-electron chi connectivity index (χ2n) is 8.29. The van der Waals surface area contributed by atoms with E-state index in [4.69, 9.17) is 4.98 Å². The molecule has 0 radical (unpaired) electrons. The fraction of sp³-hybridized carbons (Fsp3) is 0.138. The van der Waals surface area contributed by atoms with Gasteiger partial charge < -0.3 is 5.32 Å². The van der Waals surface area contributed by atoms with Crippen LogP contribution in [0.2, 0.25) is 0 Å². The van der Waals surface area contributed by atoms with Crippen LogP contribution in [0.3, 0.4) is 0 Å². The summed E-state index contributed by atoms with van der Waals surface area (Å²) < 4.78 is 0. The molecule has 0 fully saturated rings. The standard InChI is InChI=1S/C29H25N3OS/c1-19-9-11-23(12-10-19)27-16-25(22-7-5-4-6-8-22)26(17-30)29(32-27)34-18-28(33)31-24-14-20(2)13-21(3)15-24/h4-16H,18H2,1-3H3,(H,31,33). The highest BCUT2D eigenvalue weighted by molar-refractivity contribution is 8.00. The second kappa shape index (κ2) is 10.4. The number of hydrogen-bond acceptors (Lipinski definition) is 4. The van der Waals surface area contributed by atoms with E-state index in [9.17, 15) is 10.1 Å². The second-order valence-corrected chi connectivity index (χ2v) is 9.26. The summed E-state index contributed by atoms with van der Waals surface area (Å²) in [5, 5.41) is 13.5. The molecule has 0 bridgehead atoms. The first-order valence-corrected chi connectivity index (χ1v) is 12.0. The zero-order valence-electron chi connectivity index (χ0n) is 19.4. The van der Waals surface area contributed by atoms with E-state index < -0.39 is 0 Å². The van der Waals surface area contributed by atoms with Crippen molar-refractivity contribution in [3.8, 4) is 28.5 Å². The van der Waals surface area contributed by atoms with Gasteiger partial charge in [0.1, 0.15) is 11.1 Å². The van der Waals surface area contributed by atoms with Gasteiger partial charge in [-0.3, -0.25) is 4.79 Å². The molecule has 1 aromatic heterocycles. The summed E-state index contributed by atoms with van der Waals surface area (Å²) >= 11 is 1.28. The minimum atomic E-state index is -0.136. The quantitative estimate of drug-likeness (QED) is 0.314. The molecule has 0 spiro atoms. The predicted octanol–water partition coefficient (Wildman–Crippen LogP) is 6.94. The molecule has 0 aliphatic rings. The summed E-state index contributed by atoms with van der Waals surface area (Å²) in [6, 6.07) is 28.2. The smallest absolute Gasteiger partial charge is 0.234 e. The molecule has 34 heavy (non-hydrogen) atoms. The number of amides is 1. The van der Waals surface area contributed by atoms with Crippen molar-refractivity contribution in [1.29, 1.82) is 5.26 Å². The molecular weight excluding hydrogens is 438 g/mol. The van der Waals surface area contributed by atoms with Crippen LogP contribution in [0.15, 0.2) is 83.9 Å². The number of aryl methyl sites for hydroxylation is 3. The molecule has 168 valence electrons. The maximum absolute atomic E-state index is 12.7. The molecule has 4 nitrogen and oxygen atoms in total. The van der Waals surface area contributed by atoms with Crippen LogP contribution in [0.25, 0.3) is 22.4 Å². The zero-order valence-corrected chi connectivity index (χ0v) is 20.2. The number of nitrogens with one attached hydrogen (secondary N) is 1. The van der Waals surface area contributed by atoms with Crippen LogP contribution < -0.4 is 5.32 Å². The van der Waals surface area contributed by atoms with Crippen molar-refractivity contribution in [2.45, 2.75) is 25.8 Å². The van der Waals surface area contributed by atoms with E-state index in [-0.39, 0.29) is 11.7 Å². The van der Waals surface area contributed by atoms with Gasteiger partial charge in [0.2, 0.25) is 5.91 Å². The Morgan fingerprint density at radius 3 is 2.21 bits per heavy atom. The van der Waals surface area contributed by atoms with Crippen LogP contribution in [0.1, 0.15) is 22.3 Å². The van der Waals surface area contributed by atoms with E-state index >= 15 is 0 Å². The molecule has 1 heterocycles. The number of carbonyl (C=O) groups is 1. The van der Waals surface area contributed by atoms with Gasteiger partial charge in [-0.2, -0.15) is 5.26 Å². The van der Waals surface area contributed by atoms with Gasteiger partial charge in [-0.15, -0.1) is 0 Å². The lowest BCUT2D eigenvalue weighted by molar-refractivity contribution is -0.113. The Kier molecular flexibility index (Phi) is 7.10. The third-order valence-electron chi connectivity index (χ3n) is 5.38. The molecule has 3 aromatic carbocycles. The molecule has 4 aromatic rings. The summed E-state index contributed by atoms with van der Waals surface area (Å²) in [6.07, 6.45) is 0. The van der Waals surface area contributed by atoms with E-state index in [2.05, 4.69) is 17.5 Å². The number of hydrogen-bond donors (Lipinski definition) is 1. The Bertz CT molecular complexity index is 1350. The van der Waals surface area contributed by atoms with Gasteiger partial charge in [0.15, 0.2) is 0 Å². The summed E-state index contributed by atoms with van der Waals surface area (Å²) in [7, 11) is 0. The number of thioether (sulfide) groups is 1. The van der Waals surface area contributed by atoms with E-state index in [1.807, 2.05) is 93.6 Å². The lowest BCUT2D eigenvalue weighted by atomic mass is 9.99.